The Balaban J connectivity index is 2.32. The van der Waals surface area contributed by atoms with Crippen molar-refractivity contribution in [3.05, 3.63) is 29.3 Å². The highest BCUT2D eigenvalue weighted by atomic mass is 32.2. The van der Waals surface area contributed by atoms with Crippen molar-refractivity contribution in [3.8, 4) is 0 Å². The smallest absolute Gasteiger partial charge is 0.237 e. The third-order valence-corrected chi connectivity index (χ3v) is 5.24. The zero-order chi connectivity index (χ0) is 14.0. The van der Waals surface area contributed by atoms with Crippen molar-refractivity contribution in [2.24, 2.45) is 0 Å². The molecule has 1 aromatic rings. The van der Waals surface area contributed by atoms with Crippen molar-refractivity contribution in [1.29, 1.82) is 0 Å². The van der Waals surface area contributed by atoms with Gasteiger partial charge in [-0.2, -0.15) is 0 Å². The number of benzene rings is 1. The number of fused-ring (bicyclic) bond motifs is 1. The number of hydrogen-bond donors (Lipinski definition) is 0. The molecule has 0 saturated heterocycles. The van der Waals surface area contributed by atoms with E-state index < -0.39 is 10.0 Å². The first-order valence-electron chi connectivity index (χ1n) is 6.58. The second-order valence-corrected chi connectivity index (χ2v) is 7.19. The van der Waals surface area contributed by atoms with Gasteiger partial charge in [0.05, 0.1) is 18.0 Å². The third kappa shape index (κ3) is 2.92. The van der Waals surface area contributed by atoms with Crippen LogP contribution in [0.2, 0.25) is 0 Å². The zero-order valence-electron chi connectivity index (χ0n) is 11.7. The van der Waals surface area contributed by atoms with E-state index in [9.17, 15) is 8.42 Å². The van der Waals surface area contributed by atoms with Crippen molar-refractivity contribution in [3.63, 3.8) is 0 Å². The summed E-state index contributed by atoms with van der Waals surface area (Å²) in [5.41, 5.74) is 3.14. The minimum absolute atomic E-state index is 0.0366. The van der Waals surface area contributed by atoms with Crippen LogP contribution in [0.3, 0.4) is 0 Å². The van der Waals surface area contributed by atoms with Crippen LogP contribution in [-0.4, -0.2) is 34.4 Å². The van der Waals surface area contributed by atoms with Crippen molar-refractivity contribution >= 4 is 15.7 Å². The molecule has 0 aliphatic carbocycles. The number of hydrogen-bond acceptors (Lipinski definition) is 3. The number of rotatable bonds is 5. The van der Waals surface area contributed by atoms with E-state index in [0.29, 0.717) is 12.5 Å². The first-order valence-corrected chi connectivity index (χ1v) is 8.19. The highest BCUT2D eigenvalue weighted by Crippen LogP contribution is 2.33. The molecule has 0 saturated carbocycles. The van der Waals surface area contributed by atoms with Crippen LogP contribution < -0.4 is 4.31 Å². The van der Waals surface area contributed by atoms with Gasteiger partial charge < -0.3 is 4.74 Å². The van der Waals surface area contributed by atoms with Crippen LogP contribution in [0.5, 0.6) is 0 Å². The quantitative estimate of drug-likeness (QED) is 0.832. The molecule has 0 bridgehead atoms. The van der Waals surface area contributed by atoms with Gasteiger partial charge in [0.15, 0.2) is 0 Å². The molecule has 0 unspecified atom stereocenters. The second kappa shape index (κ2) is 5.51. The molecular formula is C14H21NO3S. The summed E-state index contributed by atoms with van der Waals surface area (Å²) < 4.78 is 31.0. The van der Waals surface area contributed by atoms with Gasteiger partial charge in [-0.3, -0.25) is 4.31 Å². The maximum absolute atomic E-state index is 12.3. The van der Waals surface area contributed by atoms with Crippen molar-refractivity contribution in [2.75, 3.05) is 30.3 Å². The van der Waals surface area contributed by atoms with E-state index >= 15 is 0 Å². The first kappa shape index (κ1) is 14.3. The van der Waals surface area contributed by atoms with Gasteiger partial charge in [0.1, 0.15) is 0 Å². The Bertz CT molecular complexity index is 552. The van der Waals surface area contributed by atoms with Crippen LogP contribution in [0.1, 0.15) is 30.9 Å². The average Bonchev–Trinajstić information content (AvgIpc) is 2.79. The number of anilines is 1. The molecule has 0 radical (unpaired) electrons. The van der Waals surface area contributed by atoms with E-state index in [1.54, 1.807) is 0 Å². The van der Waals surface area contributed by atoms with Crippen LogP contribution in [0.4, 0.5) is 5.69 Å². The Morgan fingerprint density at radius 2 is 2.11 bits per heavy atom. The fourth-order valence-corrected chi connectivity index (χ4v) is 3.75. The fourth-order valence-electron chi connectivity index (χ4n) is 2.31. The molecule has 4 nitrogen and oxygen atoms in total. The van der Waals surface area contributed by atoms with Gasteiger partial charge in [-0.05, 0) is 29.5 Å². The van der Waals surface area contributed by atoms with E-state index in [0.717, 1.165) is 17.7 Å². The number of methoxy groups -OCH3 is 1. The molecule has 0 spiro atoms. The highest BCUT2D eigenvalue weighted by molar-refractivity contribution is 7.92. The molecule has 1 aromatic carbocycles. The summed E-state index contributed by atoms with van der Waals surface area (Å²) in [4.78, 5) is 0. The van der Waals surface area contributed by atoms with Crippen molar-refractivity contribution in [2.45, 2.75) is 26.2 Å². The molecule has 0 amide bonds. The van der Waals surface area contributed by atoms with Gasteiger partial charge in [-0.25, -0.2) is 8.42 Å². The topological polar surface area (TPSA) is 46.6 Å². The maximum Gasteiger partial charge on any atom is 0.237 e. The van der Waals surface area contributed by atoms with Crippen LogP contribution in [-0.2, 0) is 21.2 Å². The predicted molar refractivity (Wildman–Crippen MR) is 77.2 cm³/mol. The molecule has 1 heterocycles. The highest BCUT2D eigenvalue weighted by Gasteiger charge is 2.29. The summed E-state index contributed by atoms with van der Waals surface area (Å²) >= 11 is 0. The Morgan fingerprint density at radius 1 is 1.37 bits per heavy atom. The number of nitrogens with zero attached hydrogens (tertiary/aromatic N) is 1. The molecule has 0 atom stereocenters. The van der Waals surface area contributed by atoms with Gasteiger partial charge in [0.2, 0.25) is 10.0 Å². The van der Waals surface area contributed by atoms with Gasteiger partial charge in [0.25, 0.3) is 0 Å². The largest absolute Gasteiger partial charge is 0.384 e. The van der Waals surface area contributed by atoms with Gasteiger partial charge >= 0.3 is 0 Å². The van der Waals surface area contributed by atoms with Crippen molar-refractivity contribution < 1.29 is 13.2 Å². The lowest BCUT2D eigenvalue weighted by Gasteiger charge is -2.20. The lowest BCUT2D eigenvalue weighted by atomic mass is 10.0. The Labute approximate surface area is 115 Å². The monoisotopic (exact) mass is 283 g/mol. The fraction of sp³-hybridized carbons (Fsp3) is 0.571. The van der Waals surface area contributed by atoms with E-state index in [2.05, 4.69) is 26.0 Å². The molecule has 1 aliphatic heterocycles. The standard InChI is InChI=1S/C14H21NO3S/c1-11(2)13-5-4-12-6-7-15(14(12)10-13)19(16,17)9-8-18-3/h4-5,10-11H,6-9H2,1-3H3. The number of sulfonamides is 1. The van der Waals surface area contributed by atoms with E-state index in [1.165, 1.54) is 17.0 Å². The summed E-state index contributed by atoms with van der Waals surface area (Å²) in [5, 5.41) is 0. The summed E-state index contributed by atoms with van der Waals surface area (Å²) in [6.07, 6.45) is 0.792. The van der Waals surface area contributed by atoms with E-state index in [4.69, 9.17) is 4.74 Å². The molecule has 1 aliphatic rings. The Hall–Kier alpha value is -1.07. The molecule has 19 heavy (non-hydrogen) atoms. The van der Waals surface area contributed by atoms with E-state index in [1.807, 2.05) is 6.07 Å². The van der Waals surface area contributed by atoms with Gasteiger partial charge in [0, 0.05) is 13.7 Å². The third-order valence-electron chi connectivity index (χ3n) is 3.51. The Morgan fingerprint density at radius 3 is 2.74 bits per heavy atom. The van der Waals surface area contributed by atoms with Crippen LogP contribution in [0.25, 0.3) is 0 Å². The Kier molecular flexibility index (Phi) is 4.16. The molecule has 106 valence electrons. The minimum atomic E-state index is -3.27. The summed E-state index contributed by atoms with van der Waals surface area (Å²) in [6.45, 7) is 5.00. The minimum Gasteiger partial charge on any atom is -0.384 e. The van der Waals surface area contributed by atoms with Crippen LogP contribution in [0, 0.1) is 0 Å². The molecule has 0 N–H and O–H groups in total. The van der Waals surface area contributed by atoms with Crippen LogP contribution >= 0.6 is 0 Å². The zero-order valence-corrected chi connectivity index (χ0v) is 12.5. The molecule has 5 heteroatoms. The molecule has 0 aromatic heterocycles. The number of ether oxygens (including phenoxy) is 1. The summed E-state index contributed by atoms with van der Waals surface area (Å²) in [6, 6.07) is 6.16. The van der Waals surface area contributed by atoms with Gasteiger partial charge in [-0.15, -0.1) is 0 Å². The first-order chi connectivity index (χ1) is 8.95. The van der Waals surface area contributed by atoms with E-state index in [-0.39, 0.29) is 12.4 Å². The molecular weight excluding hydrogens is 262 g/mol. The summed E-state index contributed by atoms with van der Waals surface area (Å²) in [5.74, 6) is 0.434. The lowest BCUT2D eigenvalue weighted by molar-refractivity contribution is 0.217. The predicted octanol–water partition coefficient (Wildman–Crippen LogP) is 2.15. The maximum atomic E-state index is 12.3. The van der Waals surface area contributed by atoms with Crippen molar-refractivity contribution in [1.82, 2.24) is 0 Å². The average molecular weight is 283 g/mol. The summed E-state index contributed by atoms with van der Waals surface area (Å²) in [7, 11) is -1.75. The molecule has 0 fully saturated rings. The molecule has 2 rings (SSSR count). The second-order valence-electron chi connectivity index (χ2n) is 5.17. The SMILES string of the molecule is COCCS(=O)(=O)N1CCc2ccc(C(C)C)cc21. The lowest BCUT2D eigenvalue weighted by Crippen LogP contribution is -2.32. The van der Waals surface area contributed by atoms with Crippen LogP contribution in [0.15, 0.2) is 18.2 Å². The van der Waals surface area contributed by atoms with Gasteiger partial charge in [-0.1, -0.05) is 26.0 Å². The normalized spacial score (nSPS) is 15.1.